The number of amides is 2. The van der Waals surface area contributed by atoms with Crippen molar-refractivity contribution in [3.8, 4) is 0 Å². The van der Waals surface area contributed by atoms with E-state index in [2.05, 4.69) is 16.3 Å². The molecule has 0 atom stereocenters. The first-order chi connectivity index (χ1) is 13.1. The summed E-state index contributed by atoms with van der Waals surface area (Å²) in [6.07, 6.45) is 4.52. The van der Waals surface area contributed by atoms with Gasteiger partial charge in [-0.1, -0.05) is 6.07 Å². The summed E-state index contributed by atoms with van der Waals surface area (Å²) in [7, 11) is 0. The highest BCUT2D eigenvalue weighted by atomic mass is 32.1. The summed E-state index contributed by atoms with van der Waals surface area (Å²) in [4.78, 5) is 29.8. The van der Waals surface area contributed by atoms with Gasteiger partial charge in [-0.05, 0) is 49.4 Å². The number of nitrogens with zero attached hydrogens (tertiary/aromatic N) is 2. The van der Waals surface area contributed by atoms with Crippen molar-refractivity contribution in [2.24, 2.45) is 0 Å². The zero-order chi connectivity index (χ0) is 18.8. The molecule has 142 valence electrons. The van der Waals surface area contributed by atoms with Gasteiger partial charge in [-0.25, -0.2) is 0 Å². The lowest BCUT2D eigenvalue weighted by atomic mass is 9.95. The minimum atomic E-state index is -0.00653. The lowest BCUT2D eigenvalue weighted by molar-refractivity contribution is -0.129. The number of fused-ring (bicyclic) bond motifs is 1. The Morgan fingerprint density at radius 1 is 1.07 bits per heavy atom. The molecule has 0 bridgehead atoms. The van der Waals surface area contributed by atoms with Crippen LogP contribution in [-0.2, 0) is 17.6 Å². The highest BCUT2D eigenvalue weighted by molar-refractivity contribution is 7.10. The van der Waals surface area contributed by atoms with E-state index in [-0.39, 0.29) is 11.8 Å². The number of hydrogen-bond donors (Lipinski definition) is 1. The maximum atomic E-state index is 12.8. The van der Waals surface area contributed by atoms with Gasteiger partial charge in [-0.3, -0.25) is 9.59 Å². The van der Waals surface area contributed by atoms with Crippen LogP contribution in [0.25, 0.3) is 0 Å². The summed E-state index contributed by atoms with van der Waals surface area (Å²) in [6, 6.07) is 8.00. The summed E-state index contributed by atoms with van der Waals surface area (Å²) in [5, 5.41) is 5.09. The molecule has 1 aliphatic heterocycles. The Balaban J connectivity index is 1.45. The van der Waals surface area contributed by atoms with E-state index in [0.29, 0.717) is 0 Å². The number of rotatable bonds is 3. The molecule has 5 nitrogen and oxygen atoms in total. The first-order valence-corrected chi connectivity index (χ1v) is 10.5. The van der Waals surface area contributed by atoms with E-state index in [4.69, 9.17) is 0 Å². The molecule has 0 spiro atoms. The molecule has 2 aliphatic rings. The van der Waals surface area contributed by atoms with Crippen molar-refractivity contribution in [1.29, 1.82) is 0 Å². The molecule has 6 heteroatoms. The van der Waals surface area contributed by atoms with Crippen LogP contribution < -0.4 is 10.2 Å². The number of hydrogen-bond acceptors (Lipinski definition) is 4. The molecule has 4 rings (SSSR count). The fourth-order valence-corrected chi connectivity index (χ4v) is 5.07. The van der Waals surface area contributed by atoms with Crippen molar-refractivity contribution < 1.29 is 9.59 Å². The normalized spacial score (nSPS) is 16.8. The zero-order valence-electron chi connectivity index (χ0n) is 15.7. The molecule has 1 aliphatic carbocycles. The number of benzene rings is 1. The van der Waals surface area contributed by atoms with Gasteiger partial charge in [0.05, 0.1) is 5.56 Å². The maximum Gasteiger partial charge on any atom is 0.256 e. The molecule has 2 aromatic rings. The number of carbonyl (C=O) groups excluding carboxylic acids is 2. The second-order valence-electron chi connectivity index (χ2n) is 7.26. The van der Waals surface area contributed by atoms with Crippen LogP contribution in [-0.4, -0.2) is 42.9 Å². The van der Waals surface area contributed by atoms with Crippen LogP contribution in [0.2, 0.25) is 0 Å². The smallest absolute Gasteiger partial charge is 0.256 e. The van der Waals surface area contributed by atoms with Gasteiger partial charge in [0.15, 0.2) is 0 Å². The van der Waals surface area contributed by atoms with Gasteiger partial charge in [0.1, 0.15) is 0 Å². The van der Waals surface area contributed by atoms with E-state index in [1.807, 2.05) is 28.5 Å². The van der Waals surface area contributed by atoms with Crippen molar-refractivity contribution in [1.82, 2.24) is 4.90 Å². The van der Waals surface area contributed by atoms with E-state index < -0.39 is 0 Å². The molecule has 27 heavy (non-hydrogen) atoms. The number of aryl methyl sites for hydroxylation is 1. The molecule has 1 aromatic carbocycles. The van der Waals surface area contributed by atoms with Crippen LogP contribution in [0.4, 0.5) is 11.4 Å². The molecular weight excluding hydrogens is 358 g/mol. The quantitative estimate of drug-likeness (QED) is 0.882. The van der Waals surface area contributed by atoms with Crippen molar-refractivity contribution in [2.45, 2.75) is 32.6 Å². The Morgan fingerprint density at radius 2 is 1.85 bits per heavy atom. The van der Waals surface area contributed by atoms with Gasteiger partial charge in [-0.15, -0.1) is 11.3 Å². The van der Waals surface area contributed by atoms with Crippen molar-refractivity contribution in [3.63, 3.8) is 0 Å². The minimum absolute atomic E-state index is 0.00653. The summed E-state index contributed by atoms with van der Waals surface area (Å²) >= 11 is 1.72. The molecule has 0 radical (unpaired) electrons. The minimum Gasteiger partial charge on any atom is -0.368 e. The Labute approximate surface area is 164 Å². The van der Waals surface area contributed by atoms with Crippen LogP contribution >= 0.6 is 11.3 Å². The third kappa shape index (κ3) is 3.86. The second-order valence-corrected chi connectivity index (χ2v) is 8.22. The van der Waals surface area contributed by atoms with E-state index in [0.717, 1.165) is 56.0 Å². The van der Waals surface area contributed by atoms with Gasteiger partial charge < -0.3 is 15.1 Å². The standard InChI is InChI=1S/C21H25N3O2S/c1-15(25)23-9-11-24(12-10-23)17-6-4-5-16(13-17)22-21(26)19-14-27-20-8-3-2-7-18(19)20/h4-6,13-14H,2-3,7-12H2,1H3,(H,22,26). The molecule has 1 N–H and O–H groups in total. The van der Waals surface area contributed by atoms with Gasteiger partial charge in [0.25, 0.3) is 5.91 Å². The van der Waals surface area contributed by atoms with Crippen molar-refractivity contribution in [2.75, 3.05) is 36.4 Å². The number of carbonyl (C=O) groups is 2. The Bertz CT molecular complexity index is 853. The van der Waals surface area contributed by atoms with E-state index >= 15 is 0 Å². The highest BCUT2D eigenvalue weighted by Gasteiger charge is 2.21. The molecule has 1 fully saturated rings. The molecular formula is C21H25N3O2S. The maximum absolute atomic E-state index is 12.8. The number of anilines is 2. The zero-order valence-corrected chi connectivity index (χ0v) is 16.5. The predicted octanol–water partition coefficient (Wildman–Crippen LogP) is 3.55. The fourth-order valence-electron chi connectivity index (χ4n) is 3.94. The largest absolute Gasteiger partial charge is 0.368 e. The van der Waals surface area contributed by atoms with Crippen LogP contribution in [0.5, 0.6) is 0 Å². The van der Waals surface area contributed by atoms with Crippen LogP contribution in [0, 0.1) is 0 Å². The van der Waals surface area contributed by atoms with Gasteiger partial charge in [0.2, 0.25) is 5.91 Å². The monoisotopic (exact) mass is 383 g/mol. The van der Waals surface area contributed by atoms with Gasteiger partial charge >= 0.3 is 0 Å². The topological polar surface area (TPSA) is 52.7 Å². The third-order valence-electron chi connectivity index (χ3n) is 5.50. The fraction of sp³-hybridized carbons (Fsp3) is 0.429. The lowest BCUT2D eigenvalue weighted by Crippen LogP contribution is -2.48. The van der Waals surface area contributed by atoms with E-state index in [9.17, 15) is 9.59 Å². The van der Waals surface area contributed by atoms with Crippen molar-refractivity contribution in [3.05, 3.63) is 45.6 Å². The summed E-state index contributed by atoms with van der Waals surface area (Å²) in [6.45, 7) is 4.74. The first-order valence-electron chi connectivity index (χ1n) is 9.63. The van der Waals surface area contributed by atoms with Crippen molar-refractivity contribution >= 4 is 34.5 Å². The summed E-state index contributed by atoms with van der Waals surface area (Å²) < 4.78 is 0. The Morgan fingerprint density at radius 3 is 2.63 bits per heavy atom. The highest BCUT2D eigenvalue weighted by Crippen LogP contribution is 2.31. The molecule has 1 saturated heterocycles. The molecule has 0 unspecified atom stereocenters. The van der Waals surface area contributed by atoms with Crippen LogP contribution in [0.3, 0.4) is 0 Å². The number of nitrogens with one attached hydrogen (secondary N) is 1. The summed E-state index contributed by atoms with van der Waals surface area (Å²) in [5.74, 6) is 0.128. The molecule has 2 heterocycles. The molecule has 1 aromatic heterocycles. The van der Waals surface area contributed by atoms with E-state index in [1.54, 1.807) is 18.3 Å². The lowest BCUT2D eigenvalue weighted by Gasteiger charge is -2.35. The molecule has 2 amide bonds. The van der Waals surface area contributed by atoms with E-state index in [1.165, 1.54) is 23.3 Å². The Hall–Kier alpha value is -2.34. The van der Waals surface area contributed by atoms with Gasteiger partial charge in [-0.2, -0.15) is 0 Å². The predicted molar refractivity (Wildman–Crippen MR) is 110 cm³/mol. The third-order valence-corrected chi connectivity index (χ3v) is 6.59. The average molecular weight is 384 g/mol. The number of thiophene rings is 1. The van der Waals surface area contributed by atoms with Gasteiger partial charge in [0, 0.05) is 54.7 Å². The first kappa shape index (κ1) is 18.0. The van der Waals surface area contributed by atoms with Crippen LogP contribution in [0.15, 0.2) is 29.6 Å². The Kier molecular flexibility index (Phi) is 5.16. The van der Waals surface area contributed by atoms with Crippen LogP contribution in [0.1, 0.15) is 40.6 Å². The molecule has 0 saturated carbocycles. The number of piperazine rings is 1. The summed E-state index contributed by atoms with van der Waals surface area (Å²) in [5.41, 5.74) is 4.00. The second kappa shape index (κ2) is 7.72. The SMILES string of the molecule is CC(=O)N1CCN(c2cccc(NC(=O)c3csc4c3CCCC4)c2)CC1. The average Bonchev–Trinajstić information content (AvgIpc) is 3.12.